The van der Waals surface area contributed by atoms with Gasteiger partial charge in [-0.15, -0.1) is 0 Å². The summed E-state index contributed by atoms with van der Waals surface area (Å²) in [7, 11) is 0. The van der Waals surface area contributed by atoms with E-state index in [0.29, 0.717) is 17.5 Å². The molecule has 7 nitrogen and oxygen atoms in total. The third-order valence-electron chi connectivity index (χ3n) is 3.04. The number of rotatable bonds is 5. The summed E-state index contributed by atoms with van der Waals surface area (Å²) in [4.78, 5) is 18.3. The van der Waals surface area contributed by atoms with Crippen molar-refractivity contribution >= 4 is 17.0 Å². The predicted octanol–water partition coefficient (Wildman–Crippen LogP) is 0.613. The van der Waals surface area contributed by atoms with E-state index in [2.05, 4.69) is 9.97 Å². The fourth-order valence-electron chi connectivity index (χ4n) is 1.97. The lowest BCUT2D eigenvalue weighted by Crippen LogP contribution is -2.22. The number of anilines is 1. The summed E-state index contributed by atoms with van der Waals surface area (Å²) < 4.78 is 7.42. The highest BCUT2D eigenvalue weighted by Gasteiger charge is 2.16. The van der Waals surface area contributed by atoms with Gasteiger partial charge < -0.3 is 20.1 Å². The van der Waals surface area contributed by atoms with Gasteiger partial charge in [0.1, 0.15) is 6.23 Å². The molecule has 19 heavy (non-hydrogen) atoms. The van der Waals surface area contributed by atoms with Gasteiger partial charge in [-0.3, -0.25) is 9.78 Å². The van der Waals surface area contributed by atoms with E-state index in [1.54, 1.807) is 16.8 Å². The Balaban J connectivity index is 2.37. The molecule has 2 atom stereocenters. The van der Waals surface area contributed by atoms with Crippen LogP contribution in [-0.4, -0.2) is 32.4 Å². The van der Waals surface area contributed by atoms with Gasteiger partial charge >= 0.3 is 0 Å². The zero-order chi connectivity index (χ0) is 14.0. The molecule has 2 heterocycles. The van der Waals surface area contributed by atoms with E-state index < -0.39 is 0 Å². The van der Waals surface area contributed by atoms with Gasteiger partial charge in [-0.2, -0.15) is 4.98 Å². The fourth-order valence-corrected chi connectivity index (χ4v) is 1.97. The second kappa shape index (κ2) is 5.41. The first-order chi connectivity index (χ1) is 9.06. The Morgan fingerprint density at radius 3 is 3.00 bits per heavy atom. The number of hydrogen-bond donors (Lipinski definition) is 3. The molecule has 7 heteroatoms. The smallest absolute Gasteiger partial charge is 0.261 e. The molecule has 0 fully saturated rings. The fraction of sp³-hybridized carbons (Fsp3) is 0.500. The molecular weight excluding hydrogens is 248 g/mol. The SMILES string of the molecule is CC[C@@H](CO)OC(C)n1ccc2c(=O)[nH]c(N)nc21. The maximum Gasteiger partial charge on any atom is 0.261 e. The van der Waals surface area contributed by atoms with Crippen LogP contribution in [0.5, 0.6) is 0 Å². The van der Waals surface area contributed by atoms with Crippen LogP contribution in [-0.2, 0) is 4.74 Å². The minimum atomic E-state index is -0.344. The molecule has 0 amide bonds. The van der Waals surface area contributed by atoms with Crippen LogP contribution < -0.4 is 11.3 Å². The van der Waals surface area contributed by atoms with Gasteiger partial charge in [-0.25, -0.2) is 0 Å². The molecule has 0 aliphatic carbocycles. The molecule has 0 saturated carbocycles. The number of nitrogen functional groups attached to an aromatic ring is 1. The van der Waals surface area contributed by atoms with Gasteiger partial charge in [-0.1, -0.05) is 6.92 Å². The number of fused-ring (bicyclic) bond motifs is 1. The first-order valence-electron chi connectivity index (χ1n) is 6.19. The summed E-state index contributed by atoms with van der Waals surface area (Å²) >= 11 is 0. The summed E-state index contributed by atoms with van der Waals surface area (Å²) in [6, 6.07) is 1.67. The van der Waals surface area contributed by atoms with Crippen LogP contribution >= 0.6 is 0 Å². The Morgan fingerprint density at radius 2 is 2.37 bits per heavy atom. The van der Waals surface area contributed by atoms with Gasteiger partial charge in [0.15, 0.2) is 5.65 Å². The third-order valence-corrected chi connectivity index (χ3v) is 3.04. The van der Waals surface area contributed by atoms with E-state index in [4.69, 9.17) is 15.6 Å². The Bertz CT molecular complexity index is 615. The topological polar surface area (TPSA) is 106 Å². The van der Waals surface area contributed by atoms with Crippen LogP contribution in [0.15, 0.2) is 17.1 Å². The van der Waals surface area contributed by atoms with Crippen LogP contribution in [0, 0.1) is 0 Å². The normalized spacial score (nSPS) is 14.7. The van der Waals surface area contributed by atoms with E-state index in [0.717, 1.165) is 0 Å². The van der Waals surface area contributed by atoms with Crippen molar-refractivity contribution in [2.24, 2.45) is 0 Å². The highest BCUT2D eigenvalue weighted by molar-refractivity contribution is 5.75. The number of ether oxygens (including phenoxy) is 1. The zero-order valence-electron chi connectivity index (χ0n) is 11.0. The quantitative estimate of drug-likeness (QED) is 0.735. The van der Waals surface area contributed by atoms with Gasteiger partial charge in [0.25, 0.3) is 5.56 Å². The van der Waals surface area contributed by atoms with E-state index in [1.165, 1.54) is 0 Å². The zero-order valence-corrected chi connectivity index (χ0v) is 11.0. The molecule has 104 valence electrons. The summed E-state index contributed by atoms with van der Waals surface area (Å²) in [6.07, 6.45) is 1.84. The molecule has 0 aliphatic heterocycles. The molecule has 0 aromatic carbocycles. The molecule has 2 aromatic rings. The Hall–Kier alpha value is -1.86. The van der Waals surface area contributed by atoms with Crippen LogP contribution in [0.2, 0.25) is 0 Å². The molecule has 1 unspecified atom stereocenters. The molecule has 4 N–H and O–H groups in total. The number of H-pyrrole nitrogens is 1. The minimum Gasteiger partial charge on any atom is -0.394 e. The summed E-state index contributed by atoms with van der Waals surface area (Å²) in [6.45, 7) is 3.72. The lowest BCUT2D eigenvalue weighted by molar-refractivity contribution is -0.0645. The lowest BCUT2D eigenvalue weighted by atomic mass is 10.3. The third kappa shape index (κ3) is 2.61. The van der Waals surface area contributed by atoms with E-state index in [1.807, 2.05) is 13.8 Å². The van der Waals surface area contributed by atoms with Gasteiger partial charge in [0, 0.05) is 6.20 Å². The van der Waals surface area contributed by atoms with Crippen molar-refractivity contribution in [1.82, 2.24) is 14.5 Å². The molecule has 0 saturated heterocycles. The average molecular weight is 266 g/mol. The molecule has 0 spiro atoms. The monoisotopic (exact) mass is 266 g/mol. The summed E-state index contributed by atoms with van der Waals surface area (Å²) in [5.41, 5.74) is 5.74. The largest absolute Gasteiger partial charge is 0.394 e. The molecular formula is C12H18N4O3. The number of nitrogens with one attached hydrogen (secondary N) is 1. The van der Waals surface area contributed by atoms with Crippen LogP contribution in [0.4, 0.5) is 5.95 Å². The minimum absolute atomic E-state index is 0.0454. The maximum atomic E-state index is 11.7. The van der Waals surface area contributed by atoms with Crippen molar-refractivity contribution in [1.29, 1.82) is 0 Å². The standard InChI is InChI=1S/C12H18N4O3/c1-3-8(6-17)19-7(2)16-5-4-9-10(16)14-12(13)15-11(9)18/h4-5,7-8,17H,3,6H2,1-2H3,(H3,13,14,15,18)/t7?,8-/m0/s1. The van der Waals surface area contributed by atoms with Crippen LogP contribution in [0.1, 0.15) is 26.5 Å². The first-order valence-corrected chi connectivity index (χ1v) is 6.19. The molecule has 0 radical (unpaired) electrons. The molecule has 2 aromatic heterocycles. The Morgan fingerprint density at radius 1 is 1.63 bits per heavy atom. The second-order valence-corrected chi connectivity index (χ2v) is 4.36. The lowest BCUT2D eigenvalue weighted by Gasteiger charge is -2.21. The maximum absolute atomic E-state index is 11.7. The Labute approximate surface area is 110 Å². The summed E-state index contributed by atoms with van der Waals surface area (Å²) in [5, 5.41) is 9.61. The van der Waals surface area contributed by atoms with Gasteiger partial charge in [0.2, 0.25) is 5.95 Å². The number of aromatic nitrogens is 3. The van der Waals surface area contributed by atoms with Crippen molar-refractivity contribution < 1.29 is 9.84 Å². The highest BCUT2D eigenvalue weighted by atomic mass is 16.5. The molecule has 0 bridgehead atoms. The number of aliphatic hydroxyl groups excluding tert-OH is 1. The van der Waals surface area contributed by atoms with Crippen LogP contribution in [0.25, 0.3) is 11.0 Å². The number of aromatic amines is 1. The number of hydrogen-bond acceptors (Lipinski definition) is 5. The second-order valence-electron chi connectivity index (χ2n) is 4.36. The number of nitrogens with zero attached hydrogens (tertiary/aromatic N) is 2. The first kappa shape index (κ1) is 13.6. The van der Waals surface area contributed by atoms with Gasteiger partial charge in [-0.05, 0) is 19.4 Å². The average Bonchev–Trinajstić information content (AvgIpc) is 2.79. The van der Waals surface area contributed by atoms with Gasteiger partial charge in [0.05, 0.1) is 18.1 Å². The van der Waals surface area contributed by atoms with Crippen molar-refractivity contribution in [3.05, 3.63) is 22.6 Å². The van der Waals surface area contributed by atoms with Crippen molar-refractivity contribution in [3.63, 3.8) is 0 Å². The number of aliphatic hydroxyl groups is 1. The Kier molecular flexibility index (Phi) is 3.87. The van der Waals surface area contributed by atoms with E-state index in [9.17, 15) is 4.79 Å². The molecule has 0 aliphatic rings. The van der Waals surface area contributed by atoms with Crippen molar-refractivity contribution in [3.8, 4) is 0 Å². The predicted molar refractivity (Wildman–Crippen MR) is 71.7 cm³/mol. The summed E-state index contributed by atoms with van der Waals surface area (Å²) in [5.74, 6) is 0.0684. The van der Waals surface area contributed by atoms with Crippen molar-refractivity contribution in [2.75, 3.05) is 12.3 Å². The highest BCUT2D eigenvalue weighted by Crippen LogP contribution is 2.19. The van der Waals surface area contributed by atoms with E-state index in [-0.39, 0.29) is 30.4 Å². The molecule has 2 rings (SSSR count). The van der Waals surface area contributed by atoms with Crippen molar-refractivity contribution in [2.45, 2.75) is 32.6 Å². The van der Waals surface area contributed by atoms with Crippen LogP contribution in [0.3, 0.4) is 0 Å². The van der Waals surface area contributed by atoms with E-state index >= 15 is 0 Å². The number of nitrogens with two attached hydrogens (primary N) is 1.